The van der Waals surface area contributed by atoms with E-state index < -0.39 is 11.5 Å². The molecule has 0 saturated carbocycles. The highest BCUT2D eigenvalue weighted by Gasteiger charge is 2.08. The number of thiazole rings is 1. The largest absolute Gasteiger partial charge is 0.449 e. The van der Waals surface area contributed by atoms with Crippen molar-refractivity contribution in [2.75, 3.05) is 12.4 Å². The number of halogens is 1. The third kappa shape index (κ3) is 8.16. The second-order valence-corrected chi connectivity index (χ2v) is 8.42. The van der Waals surface area contributed by atoms with Gasteiger partial charge in [0.25, 0.3) is 0 Å². The van der Waals surface area contributed by atoms with Crippen molar-refractivity contribution in [3.8, 4) is 0 Å². The lowest BCUT2D eigenvalue weighted by Crippen LogP contribution is -2.13. The molecule has 4 aromatic rings. The molecule has 0 atom stereocenters. The van der Waals surface area contributed by atoms with Crippen LogP contribution in [-0.4, -0.2) is 23.2 Å². The van der Waals surface area contributed by atoms with Gasteiger partial charge in [-0.2, -0.15) is 0 Å². The number of nitrogens with one attached hydrogen (secondary N) is 1. The number of ether oxygens (including phenoxy) is 2. The van der Waals surface area contributed by atoms with E-state index in [1.54, 1.807) is 0 Å². The van der Waals surface area contributed by atoms with Crippen molar-refractivity contribution in [2.24, 2.45) is 12.2 Å². The lowest BCUT2D eigenvalue weighted by molar-refractivity contribution is 0.155. The molecule has 0 aliphatic heterocycles. The van der Waals surface area contributed by atoms with Crippen LogP contribution in [0, 0.1) is 0 Å². The first-order valence-electron chi connectivity index (χ1n) is 10.5. The molecule has 1 N–H and O–H groups in total. The van der Waals surface area contributed by atoms with Gasteiger partial charge in [0.05, 0.1) is 10.2 Å². The summed E-state index contributed by atoms with van der Waals surface area (Å²) >= 11 is 6.45. The summed E-state index contributed by atoms with van der Waals surface area (Å²) in [6.07, 6.45) is -0.485. The molecular formula is C25H24ClN3O5S. The van der Waals surface area contributed by atoms with Crippen LogP contribution in [0.1, 0.15) is 11.1 Å². The van der Waals surface area contributed by atoms with Gasteiger partial charge >= 0.3 is 11.5 Å². The van der Waals surface area contributed by atoms with Crippen LogP contribution in [0.4, 0.5) is 15.3 Å². The van der Waals surface area contributed by atoms with E-state index in [2.05, 4.69) is 15.2 Å². The molecule has 0 saturated heterocycles. The standard InChI is InChI=1S/C17H17N3O3S.C8H7ClO2/c1-20-14-9-8-13(10-15(14)24-16(20)19-22-2)18-17(21)23-11-12-6-4-3-5-7-12;9-8(10)11-6-7-4-2-1-3-5-7/h3-10H,11H2,1-2H3,(H,18,21);1-5H,6H2. The summed E-state index contributed by atoms with van der Waals surface area (Å²) in [5.74, 6) is 0. The van der Waals surface area contributed by atoms with Crippen molar-refractivity contribution in [3.63, 3.8) is 0 Å². The second-order valence-electron chi connectivity index (χ2n) is 7.10. The lowest BCUT2D eigenvalue weighted by Gasteiger charge is -2.07. The fraction of sp³-hybridized carbons (Fsp3) is 0.160. The molecule has 0 fully saturated rings. The number of aryl methyl sites for hydroxylation is 1. The molecular weight excluding hydrogens is 490 g/mol. The van der Waals surface area contributed by atoms with Crippen LogP contribution >= 0.6 is 22.9 Å². The summed E-state index contributed by atoms with van der Waals surface area (Å²) in [6, 6.07) is 24.6. The number of hydrogen-bond acceptors (Lipinski definition) is 7. The van der Waals surface area contributed by atoms with Crippen LogP contribution in [0.5, 0.6) is 0 Å². The lowest BCUT2D eigenvalue weighted by atomic mass is 10.2. The Labute approximate surface area is 211 Å². The number of rotatable bonds is 6. The Hall–Kier alpha value is -3.82. The maximum absolute atomic E-state index is 11.9. The van der Waals surface area contributed by atoms with Crippen LogP contribution in [0.2, 0.25) is 0 Å². The molecule has 0 unspecified atom stereocenters. The summed E-state index contributed by atoms with van der Waals surface area (Å²) in [6.45, 7) is 0.475. The molecule has 1 heterocycles. The van der Waals surface area contributed by atoms with Gasteiger partial charge < -0.3 is 18.9 Å². The van der Waals surface area contributed by atoms with Crippen molar-refractivity contribution >= 4 is 50.4 Å². The van der Waals surface area contributed by atoms with Gasteiger partial charge in [-0.1, -0.05) is 77.2 Å². The molecule has 1 amide bonds. The molecule has 0 radical (unpaired) electrons. The topological polar surface area (TPSA) is 91.1 Å². The molecule has 8 nitrogen and oxygen atoms in total. The van der Waals surface area contributed by atoms with Gasteiger partial charge in [0.1, 0.15) is 20.3 Å². The summed E-state index contributed by atoms with van der Waals surface area (Å²) in [4.78, 5) is 27.7. The van der Waals surface area contributed by atoms with E-state index in [0.29, 0.717) is 5.69 Å². The van der Waals surface area contributed by atoms with Crippen molar-refractivity contribution in [1.82, 2.24) is 4.57 Å². The zero-order valence-corrected chi connectivity index (χ0v) is 20.7. The van der Waals surface area contributed by atoms with E-state index in [0.717, 1.165) is 26.1 Å². The first kappa shape index (κ1) is 25.8. The van der Waals surface area contributed by atoms with Crippen molar-refractivity contribution < 1.29 is 23.9 Å². The highest BCUT2D eigenvalue weighted by Crippen LogP contribution is 2.21. The Morgan fingerprint density at radius 2 is 1.54 bits per heavy atom. The smallest absolute Gasteiger partial charge is 0.411 e. The van der Waals surface area contributed by atoms with E-state index in [4.69, 9.17) is 21.2 Å². The highest BCUT2D eigenvalue weighted by molar-refractivity contribution is 7.16. The number of hydrogen-bond donors (Lipinski definition) is 1. The Morgan fingerprint density at radius 3 is 2.11 bits per heavy atom. The molecule has 0 aliphatic rings. The Balaban J connectivity index is 0.000000261. The molecule has 35 heavy (non-hydrogen) atoms. The number of aromatic nitrogens is 1. The number of amides is 1. The van der Waals surface area contributed by atoms with Gasteiger partial charge in [-0.3, -0.25) is 5.32 Å². The third-order valence-electron chi connectivity index (χ3n) is 4.63. The zero-order valence-electron chi connectivity index (χ0n) is 19.1. The minimum Gasteiger partial charge on any atom is -0.449 e. The average Bonchev–Trinajstić information content (AvgIpc) is 3.18. The molecule has 1 aromatic heterocycles. The van der Waals surface area contributed by atoms with Crippen molar-refractivity contribution in [3.05, 3.63) is 94.8 Å². The summed E-state index contributed by atoms with van der Waals surface area (Å²) in [5, 5.41) is 6.71. The maximum Gasteiger partial charge on any atom is 0.411 e. The molecule has 3 aromatic carbocycles. The van der Waals surface area contributed by atoms with Gasteiger partial charge in [-0.15, -0.1) is 0 Å². The Kier molecular flexibility index (Phi) is 9.70. The second kappa shape index (κ2) is 13.2. The number of benzene rings is 3. The Morgan fingerprint density at radius 1 is 0.943 bits per heavy atom. The number of anilines is 1. The first-order valence-corrected chi connectivity index (χ1v) is 11.7. The van der Waals surface area contributed by atoms with E-state index in [1.807, 2.05) is 90.5 Å². The van der Waals surface area contributed by atoms with Crippen LogP contribution in [0.15, 0.2) is 84.0 Å². The molecule has 0 aliphatic carbocycles. The van der Waals surface area contributed by atoms with Crippen molar-refractivity contribution in [1.29, 1.82) is 0 Å². The van der Waals surface area contributed by atoms with Gasteiger partial charge in [0.2, 0.25) is 4.80 Å². The van der Waals surface area contributed by atoms with Gasteiger partial charge in [-0.25, -0.2) is 9.59 Å². The van der Waals surface area contributed by atoms with Crippen LogP contribution < -0.4 is 10.1 Å². The summed E-state index contributed by atoms with van der Waals surface area (Å²) in [5.41, 5.74) is 2.79. The highest BCUT2D eigenvalue weighted by atomic mass is 35.5. The molecule has 182 valence electrons. The molecule has 4 rings (SSSR count). The van der Waals surface area contributed by atoms with Gasteiger partial charge in [-0.05, 0) is 29.3 Å². The third-order valence-corrected chi connectivity index (χ3v) is 5.82. The monoisotopic (exact) mass is 513 g/mol. The first-order chi connectivity index (χ1) is 17.0. The molecule has 0 spiro atoms. The fourth-order valence-corrected chi connectivity index (χ4v) is 4.06. The Bertz CT molecular complexity index is 1320. The number of carbonyl (C=O) groups is 2. The number of carbonyl (C=O) groups excluding carboxylic acids is 2. The number of fused-ring (bicyclic) bond motifs is 1. The van der Waals surface area contributed by atoms with E-state index >= 15 is 0 Å². The molecule has 0 bridgehead atoms. The van der Waals surface area contributed by atoms with E-state index in [1.165, 1.54) is 18.4 Å². The zero-order chi connectivity index (χ0) is 25.0. The van der Waals surface area contributed by atoms with Gasteiger partial charge in [0.15, 0.2) is 0 Å². The predicted octanol–water partition coefficient (Wildman–Crippen LogP) is 6.01. The fourth-order valence-electron chi connectivity index (χ4n) is 2.97. The minimum atomic E-state index is -0.770. The minimum absolute atomic E-state index is 0.236. The predicted molar refractivity (Wildman–Crippen MR) is 136 cm³/mol. The van der Waals surface area contributed by atoms with Crippen molar-refractivity contribution in [2.45, 2.75) is 13.2 Å². The average molecular weight is 514 g/mol. The summed E-state index contributed by atoms with van der Waals surface area (Å²) < 4.78 is 12.7. The van der Waals surface area contributed by atoms with Crippen LogP contribution in [0.25, 0.3) is 10.2 Å². The van der Waals surface area contributed by atoms with Crippen LogP contribution in [0.3, 0.4) is 0 Å². The molecule has 10 heteroatoms. The maximum atomic E-state index is 11.9. The summed E-state index contributed by atoms with van der Waals surface area (Å²) in [7, 11) is 3.43. The quantitative estimate of drug-likeness (QED) is 0.252. The van der Waals surface area contributed by atoms with Gasteiger partial charge in [0, 0.05) is 24.3 Å². The SMILES string of the molecule is CON=c1sc2cc(NC(=O)OCc3ccccc3)ccc2n1C.O=C(Cl)OCc1ccccc1. The van der Waals surface area contributed by atoms with Crippen LogP contribution in [-0.2, 0) is 34.6 Å². The van der Waals surface area contributed by atoms with E-state index in [-0.39, 0.29) is 13.2 Å². The number of nitrogens with zero attached hydrogens (tertiary/aromatic N) is 2. The normalized spacial score (nSPS) is 10.8. The van der Waals surface area contributed by atoms with E-state index in [9.17, 15) is 9.59 Å².